The zero-order valence-corrected chi connectivity index (χ0v) is 19.5. The summed E-state index contributed by atoms with van der Waals surface area (Å²) >= 11 is 0. The number of nitrogens with one attached hydrogen (secondary N) is 2. The van der Waals surface area contributed by atoms with E-state index < -0.39 is 41.6 Å². The molecule has 3 atom stereocenters. The van der Waals surface area contributed by atoms with E-state index in [-0.39, 0.29) is 19.1 Å². The lowest BCUT2D eigenvalue weighted by Gasteiger charge is -2.29. The highest BCUT2D eigenvalue weighted by molar-refractivity contribution is 5.88. The minimum Gasteiger partial charge on any atom is -0.480 e. The Labute approximate surface area is 198 Å². The summed E-state index contributed by atoms with van der Waals surface area (Å²) in [7, 11) is 0. The Kier molecular flexibility index (Phi) is 6.61. The topological polar surface area (TPSA) is 114 Å². The summed E-state index contributed by atoms with van der Waals surface area (Å²) in [5.74, 6) is -1.76. The Morgan fingerprint density at radius 2 is 1.65 bits per heavy atom. The molecule has 1 fully saturated rings. The molecule has 0 bridgehead atoms. The summed E-state index contributed by atoms with van der Waals surface area (Å²) in [6.45, 7) is 5.63. The van der Waals surface area contributed by atoms with Crippen LogP contribution in [0.2, 0.25) is 0 Å². The average molecular weight is 467 g/mol. The van der Waals surface area contributed by atoms with Crippen molar-refractivity contribution < 1.29 is 29.0 Å². The van der Waals surface area contributed by atoms with Gasteiger partial charge in [0.25, 0.3) is 5.91 Å². The molecule has 1 unspecified atom stereocenters. The molecule has 2 amide bonds. The van der Waals surface area contributed by atoms with E-state index in [0.29, 0.717) is 6.42 Å². The van der Waals surface area contributed by atoms with E-state index in [1.54, 1.807) is 20.8 Å². The first-order valence-electron chi connectivity index (χ1n) is 11.4. The Morgan fingerprint density at radius 3 is 2.21 bits per heavy atom. The van der Waals surface area contributed by atoms with Crippen molar-refractivity contribution >= 4 is 18.0 Å². The number of carboxylic acid groups (broad SMARTS) is 1. The number of rotatable bonds is 6. The van der Waals surface area contributed by atoms with E-state index in [4.69, 9.17) is 9.47 Å². The largest absolute Gasteiger partial charge is 0.480 e. The van der Waals surface area contributed by atoms with Crippen LogP contribution < -0.4 is 10.6 Å². The number of alkyl carbamates (subject to hydrolysis) is 1. The van der Waals surface area contributed by atoms with Crippen molar-refractivity contribution in [2.75, 3.05) is 13.2 Å². The first-order chi connectivity index (χ1) is 16.2. The lowest BCUT2D eigenvalue weighted by Crippen LogP contribution is -2.55. The minimum atomic E-state index is -1.13. The first-order valence-corrected chi connectivity index (χ1v) is 11.4. The van der Waals surface area contributed by atoms with Gasteiger partial charge < -0.3 is 25.2 Å². The SMILES string of the molecule is CC(C)(C)C(NC(=O)[C@H]1OCC[C@H]1NC(=O)OCC1c2ccccc2-c2ccccc21)C(=O)O. The van der Waals surface area contributed by atoms with Crippen LogP contribution in [0.25, 0.3) is 11.1 Å². The molecule has 1 aliphatic heterocycles. The lowest BCUT2D eigenvalue weighted by atomic mass is 9.86. The molecule has 8 nitrogen and oxygen atoms in total. The Morgan fingerprint density at radius 1 is 1.06 bits per heavy atom. The van der Waals surface area contributed by atoms with E-state index >= 15 is 0 Å². The zero-order chi connectivity index (χ0) is 24.5. The van der Waals surface area contributed by atoms with E-state index in [1.165, 1.54) is 0 Å². The van der Waals surface area contributed by atoms with Gasteiger partial charge in [0, 0.05) is 12.5 Å². The van der Waals surface area contributed by atoms with Crippen LogP contribution in [0.4, 0.5) is 4.79 Å². The Balaban J connectivity index is 1.38. The first kappa shape index (κ1) is 23.8. The zero-order valence-electron chi connectivity index (χ0n) is 19.5. The van der Waals surface area contributed by atoms with Crippen LogP contribution in [-0.4, -0.2) is 54.5 Å². The van der Waals surface area contributed by atoms with Crippen molar-refractivity contribution in [2.24, 2.45) is 5.41 Å². The van der Waals surface area contributed by atoms with Crippen molar-refractivity contribution in [3.05, 3.63) is 59.7 Å². The monoisotopic (exact) mass is 466 g/mol. The molecule has 1 aliphatic carbocycles. The molecule has 8 heteroatoms. The summed E-state index contributed by atoms with van der Waals surface area (Å²) in [4.78, 5) is 37.0. The lowest BCUT2D eigenvalue weighted by molar-refractivity contribution is -0.147. The van der Waals surface area contributed by atoms with E-state index in [9.17, 15) is 19.5 Å². The molecule has 180 valence electrons. The maximum absolute atomic E-state index is 12.7. The third-order valence-corrected chi connectivity index (χ3v) is 6.40. The van der Waals surface area contributed by atoms with E-state index in [2.05, 4.69) is 22.8 Å². The molecular weight excluding hydrogens is 436 g/mol. The van der Waals surface area contributed by atoms with E-state index in [0.717, 1.165) is 22.3 Å². The molecule has 0 aromatic heterocycles. The molecule has 1 heterocycles. The third-order valence-electron chi connectivity index (χ3n) is 6.40. The summed E-state index contributed by atoms with van der Waals surface area (Å²) < 4.78 is 11.1. The van der Waals surface area contributed by atoms with Crippen molar-refractivity contribution in [1.29, 1.82) is 0 Å². The van der Waals surface area contributed by atoms with Gasteiger partial charge in [0.15, 0.2) is 6.10 Å². The molecule has 2 aromatic rings. The quantitative estimate of drug-likeness (QED) is 0.602. The predicted octanol–water partition coefficient (Wildman–Crippen LogP) is 3.30. The maximum Gasteiger partial charge on any atom is 0.407 e. The molecule has 2 aliphatic rings. The molecule has 34 heavy (non-hydrogen) atoms. The molecule has 0 spiro atoms. The third kappa shape index (κ3) is 4.77. The van der Waals surface area contributed by atoms with Crippen molar-refractivity contribution in [3.63, 3.8) is 0 Å². The van der Waals surface area contributed by atoms with Gasteiger partial charge in [-0.2, -0.15) is 0 Å². The van der Waals surface area contributed by atoms with Gasteiger partial charge in [-0.1, -0.05) is 69.3 Å². The minimum absolute atomic E-state index is 0.0693. The summed E-state index contributed by atoms with van der Waals surface area (Å²) in [6, 6.07) is 14.4. The predicted molar refractivity (Wildman–Crippen MR) is 125 cm³/mol. The standard InChI is InChI=1S/C26H30N2O6/c1-26(2,3)22(24(30)31)28-23(29)21-20(12-13-33-21)27-25(32)34-14-19-17-10-6-4-8-15(17)16-9-5-7-11-18(16)19/h4-11,19-22H,12-14H2,1-3H3,(H,27,32)(H,28,29)(H,30,31)/t20-,21+,22?/m1/s1. The second-order valence-corrected chi connectivity index (χ2v) is 9.80. The molecule has 4 rings (SSSR count). The van der Waals surface area contributed by atoms with Gasteiger partial charge in [0.2, 0.25) is 0 Å². The fourth-order valence-corrected chi connectivity index (χ4v) is 4.66. The van der Waals surface area contributed by atoms with E-state index in [1.807, 2.05) is 36.4 Å². The van der Waals surface area contributed by atoms with Gasteiger partial charge in [-0.15, -0.1) is 0 Å². The maximum atomic E-state index is 12.7. The summed E-state index contributed by atoms with van der Waals surface area (Å²) in [5, 5.41) is 14.8. The number of benzene rings is 2. The number of carboxylic acids is 1. The number of aliphatic carboxylic acids is 1. The van der Waals surface area contributed by atoms with Gasteiger partial charge in [0.1, 0.15) is 12.6 Å². The van der Waals surface area contributed by atoms with Crippen LogP contribution in [0.1, 0.15) is 44.2 Å². The fraction of sp³-hybridized carbons (Fsp3) is 0.423. The number of amides is 2. The molecule has 1 saturated heterocycles. The second-order valence-electron chi connectivity index (χ2n) is 9.80. The van der Waals surface area contributed by atoms with Crippen LogP contribution in [-0.2, 0) is 19.1 Å². The van der Waals surface area contributed by atoms with Gasteiger partial charge >= 0.3 is 12.1 Å². The van der Waals surface area contributed by atoms with Gasteiger partial charge in [-0.3, -0.25) is 4.79 Å². The van der Waals surface area contributed by atoms with Crippen molar-refractivity contribution in [2.45, 2.75) is 51.3 Å². The molecule has 3 N–H and O–H groups in total. The van der Waals surface area contributed by atoms with Crippen molar-refractivity contribution in [1.82, 2.24) is 10.6 Å². The number of hydrogen-bond acceptors (Lipinski definition) is 5. The number of hydrogen-bond donors (Lipinski definition) is 3. The smallest absolute Gasteiger partial charge is 0.407 e. The Hall–Kier alpha value is -3.39. The number of ether oxygens (including phenoxy) is 2. The molecule has 0 saturated carbocycles. The van der Waals surface area contributed by atoms with Crippen LogP contribution in [0.5, 0.6) is 0 Å². The highest BCUT2D eigenvalue weighted by Gasteiger charge is 2.40. The second kappa shape index (κ2) is 9.46. The molecule has 2 aromatic carbocycles. The normalized spacial score (nSPS) is 20.2. The Bertz CT molecular complexity index is 1050. The van der Waals surface area contributed by atoms with Gasteiger partial charge in [0.05, 0.1) is 6.04 Å². The molecule has 0 radical (unpaired) electrons. The average Bonchev–Trinajstić information content (AvgIpc) is 3.37. The fourth-order valence-electron chi connectivity index (χ4n) is 4.66. The summed E-state index contributed by atoms with van der Waals surface area (Å²) in [5.41, 5.74) is 3.81. The summed E-state index contributed by atoms with van der Waals surface area (Å²) in [6.07, 6.45) is -1.19. The van der Waals surface area contributed by atoms with Crippen LogP contribution in [0, 0.1) is 5.41 Å². The van der Waals surface area contributed by atoms with Gasteiger partial charge in [-0.05, 0) is 34.1 Å². The van der Waals surface area contributed by atoms with Crippen LogP contribution in [0.3, 0.4) is 0 Å². The number of carbonyl (C=O) groups excluding carboxylic acids is 2. The van der Waals surface area contributed by atoms with Crippen LogP contribution >= 0.6 is 0 Å². The van der Waals surface area contributed by atoms with Crippen molar-refractivity contribution in [3.8, 4) is 11.1 Å². The highest BCUT2D eigenvalue weighted by Crippen LogP contribution is 2.44. The molecular formula is C26H30N2O6. The number of fused-ring (bicyclic) bond motifs is 3. The van der Waals surface area contributed by atoms with Crippen LogP contribution in [0.15, 0.2) is 48.5 Å². The number of carbonyl (C=O) groups is 3. The highest BCUT2D eigenvalue weighted by atomic mass is 16.6. The van der Waals surface area contributed by atoms with Gasteiger partial charge in [-0.25, -0.2) is 9.59 Å².